The van der Waals surface area contributed by atoms with E-state index in [-0.39, 0.29) is 5.91 Å². The molecule has 2 aromatic heterocycles. The molecule has 0 radical (unpaired) electrons. The molecule has 20 heavy (non-hydrogen) atoms. The molecule has 7 heteroatoms. The van der Waals surface area contributed by atoms with E-state index in [1.807, 2.05) is 17.5 Å². The Morgan fingerprint density at radius 3 is 2.70 bits per heavy atom. The molecule has 3 aromatic rings. The minimum absolute atomic E-state index is 0.258. The van der Waals surface area contributed by atoms with Gasteiger partial charge in [-0.25, -0.2) is 4.63 Å². The predicted octanol–water partition coefficient (Wildman–Crippen LogP) is 3.81. The summed E-state index contributed by atoms with van der Waals surface area (Å²) in [5.74, 6) is 0.0615. The maximum Gasteiger partial charge on any atom is 0.256 e. The fourth-order valence-electron chi connectivity index (χ4n) is 1.63. The molecule has 3 rings (SSSR count). The Morgan fingerprint density at radius 2 is 2.00 bits per heavy atom. The monoisotopic (exact) mass is 349 g/mol. The van der Waals surface area contributed by atoms with Crippen LogP contribution in [0.4, 0.5) is 5.82 Å². The van der Waals surface area contributed by atoms with Crippen LogP contribution < -0.4 is 5.32 Å². The highest BCUT2D eigenvalue weighted by atomic mass is 79.9. The largest absolute Gasteiger partial charge is 0.302 e. The molecule has 0 saturated heterocycles. The first kappa shape index (κ1) is 13.0. The van der Waals surface area contributed by atoms with E-state index in [0.717, 1.165) is 9.35 Å². The number of aromatic nitrogens is 2. The van der Waals surface area contributed by atoms with Crippen LogP contribution in [0.15, 0.2) is 50.9 Å². The molecule has 0 atom stereocenters. The zero-order valence-electron chi connectivity index (χ0n) is 10.0. The highest BCUT2D eigenvalue weighted by molar-refractivity contribution is 9.10. The summed E-state index contributed by atoms with van der Waals surface area (Å²) >= 11 is 4.82. The van der Waals surface area contributed by atoms with Crippen molar-refractivity contribution in [1.82, 2.24) is 10.3 Å². The molecule has 2 heterocycles. The van der Waals surface area contributed by atoms with E-state index in [2.05, 4.69) is 31.6 Å². The third kappa shape index (κ3) is 2.63. The van der Waals surface area contributed by atoms with Gasteiger partial charge in [0.1, 0.15) is 0 Å². The Morgan fingerprint density at radius 1 is 1.20 bits per heavy atom. The van der Waals surface area contributed by atoms with E-state index >= 15 is 0 Å². The summed E-state index contributed by atoms with van der Waals surface area (Å²) < 4.78 is 5.62. The molecule has 100 valence electrons. The van der Waals surface area contributed by atoms with E-state index in [1.54, 1.807) is 24.3 Å². The normalized spacial score (nSPS) is 10.4. The number of rotatable bonds is 3. The molecule has 0 aliphatic carbocycles. The van der Waals surface area contributed by atoms with Crippen molar-refractivity contribution in [2.45, 2.75) is 0 Å². The van der Waals surface area contributed by atoms with Gasteiger partial charge in [0.25, 0.3) is 5.91 Å². The van der Waals surface area contributed by atoms with Gasteiger partial charge >= 0.3 is 0 Å². The van der Waals surface area contributed by atoms with Crippen molar-refractivity contribution in [2.75, 3.05) is 5.32 Å². The molecular weight excluding hydrogens is 342 g/mol. The third-order valence-corrected chi connectivity index (χ3v) is 3.99. The number of carbonyl (C=O) groups excluding carboxylic acids is 1. The second kappa shape index (κ2) is 5.56. The van der Waals surface area contributed by atoms with Gasteiger partial charge in [0.05, 0.1) is 4.88 Å². The first-order valence-electron chi connectivity index (χ1n) is 5.67. The zero-order valence-corrected chi connectivity index (χ0v) is 12.4. The first-order chi connectivity index (χ1) is 9.74. The number of hydrogen-bond acceptors (Lipinski definition) is 5. The molecule has 1 amide bonds. The maximum atomic E-state index is 12.1. The van der Waals surface area contributed by atoms with Crippen molar-refractivity contribution in [3.05, 3.63) is 51.8 Å². The number of amides is 1. The van der Waals surface area contributed by atoms with Crippen LogP contribution in [-0.4, -0.2) is 16.2 Å². The SMILES string of the molecule is O=C(Nc1nonc1-c1cccs1)c1ccc(Br)cc1. The summed E-state index contributed by atoms with van der Waals surface area (Å²) in [5.41, 5.74) is 1.07. The summed E-state index contributed by atoms with van der Waals surface area (Å²) in [6, 6.07) is 10.8. The van der Waals surface area contributed by atoms with Crippen LogP contribution in [0.2, 0.25) is 0 Å². The van der Waals surface area contributed by atoms with Crippen molar-refractivity contribution in [1.29, 1.82) is 0 Å². The lowest BCUT2D eigenvalue weighted by Gasteiger charge is -2.02. The van der Waals surface area contributed by atoms with Gasteiger partial charge in [0.15, 0.2) is 5.69 Å². The number of thiophene rings is 1. The predicted molar refractivity (Wildman–Crippen MR) is 79.7 cm³/mol. The van der Waals surface area contributed by atoms with E-state index in [1.165, 1.54) is 11.3 Å². The number of anilines is 1. The molecule has 1 aromatic carbocycles. The van der Waals surface area contributed by atoms with Gasteiger partial charge < -0.3 is 5.32 Å². The molecule has 1 N–H and O–H groups in total. The lowest BCUT2D eigenvalue weighted by atomic mass is 10.2. The number of halogens is 1. The Kier molecular flexibility index (Phi) is 3.62. The molecular formula is C13H8BrN3O2S. The van der Waals surface area contributed by atoms with Crippen molar-refractivity contribution in [3.8, 4) is 10.6 Å². The maximum absolute atomic E-state index is 12.1. The van der Waals surface area contributed by atoms with E-state index in [9.17, 15) is 4.79 Å². The fourth-order valence-corrected chi connectivity index (χ4v) is 2.60. The van der Waals surface area contributed by atoms with Crippen molar-refractivity contribution in [2.24, 2.45) is 0 Å². The van der Waals surface area contributed by atoms with E-state index in [0.29, 0.717) is 17.1 Å². The van der Waals surface area contributed by atoms with Gasteiger partial charge in [-0.05, 0) is 46.0 Å². The summed E-state index contributed by atoms with van der Waals surface area (Å²) in [7, 11) is 0. The zero-order chi connectivity index (χ0) is 13.9. The van der Waals surface area contributed by atoms with Crippen LogP contribution in [-0.2, 0) is 0 Å². The molecule has 0 aliphatic rings. The molecule has 0 fully saturated rings. The lowest BCUT2D eigenvalue weighted by molar-refractivity contribution is 0.102. The highest BCUT2D eigenvalue weighted by Gasteiger charge is 2.16. The van der Waals surface area contributed by atoms with Crippen molar-refractivity contribution >= 4 is 39.0 Å². The highest BCUT2D eigenvalue weighted by Crippen LogP contribution is 2.28. The Bertz CT molecular complexity index is 722. The summed E-state index contributed by atoms with van der Waals surface area (Å²) in [6.07, 6.45) is 0. The van der Waals surface area contributed by atoms with Crippen molar-refractivity contribution in [3.63, 3.8) is 0 Å². The second-order valence-electron chi connectivity index (χ2n) is 3.90. The van der Waals surface area contributed by atoms with Gasteiger partial charge in [0, 0.05) is 10.0 Å². The molecule has 5 nitrogen and oxygen atoms in total. The average Bonchev–Trinajstić information content (AvgIpc) is 3.09. The number of hydrogen-bond donors (Lipinski definition) is 1. The van der Waals surface area contributed by atoms with Crippen LogP contribution >= 0.6 is 27.3 Å². The molecule has 0 spiro atoms. The second-order valence-corrected chi connectivity index (χ2v) is 5.76. The smallest absolute Gasteiger partial charge is 0.256 e. The van der Waals surface area contributed by atoms with E-state index in [4.69, 9.17) is 4.63 Å². The Labute approximate surface area is 126 Å². The summed E-state index contributed by atoms with van der Waals surface area (Å²) in [4.78, 5) is 13.0. The molecule has 0 aliphatic heterocycles. The number of nitrogens with zero attached hydrogens (tertiary/aromatic N) is 2. The van der Waals surface area contributed by atoms with Crippen LogP contribution in [0.1, 0.15) is 10.4 Å². The average molecular weight is 350 g/mol. The third-order valence-electron chi connectivity index (χ3n) is 2.58. The van der Waals surface area contributed by atoms with Crippen LogP contribution in [0.25, 0.3) is 10.6 Å². The van der Waals surface area contributed by atoms with Crippen molar-refractivity contribution < 1.29 is 9.42 Å². The number of carbonyl (C=O) groups is 1. The molecule has 0 unspecified atom stereocenters. The fraction of sp³-hybridized carbons (Fsp3) is 0. The first-order valence-corrected chi connectivity index (χ1v) is 7.34. The van der Waals surface area contributed by atoms with Gasteiger partial charge in [-0.15, -0.1) is 11.3 Å². The van der Waals surface area contributed by atoms with Gasteiger partial charge in [0.2, 0.25) is 5.82 Å². The van der Waals surface area contributed by atoms with E-state index < -0.39 is 0 Å². The van der Waals surface area contributed by atoms with Crippen LogP contribution in [0.3, 0.4) is 0 Å². The topological polar surface area (TPSA) is 68.0 Å². The minimum atomic E-state index is -0.258. The van der Waals surface area contributed by atoms with Gasteiger partial charge in [-0.2, -0.15) is 0 Å². The van der Waals surface area contributed by atoms with Gasteiger partial charge in [-0.3, -0.25) is 4.79 Å². The van der Waals surface area contributed by atoms with Gasteiger partial charge in [-0.1, -0.05) is 22.0 Å². The molecule has 0 saturated carbocycles. The summed E-state index contributed by atoms with van der Waals surface area (Å²) in [5, 5.41) is 12.2. The Hall–Kier alpha value is -1.99. The number of benzene rings is 1. The Balaban J connectivity index is 1.83. The van der Waals surface area contributed by atoms with Crippen LogP contribution in [0, 0.1) is 0 Å². The number of nitrogens with one attached hydrogen (secondary N) is 1. The van der Waals surface area contributed by atoms with Crippen LogP contribution in [0.5, 0.6) is 0 Å². The standard InChI is InChI=1S/C13H8BrN3O2S/c14-9-5-3-8(4-6-9)13(18)15-12-11(16-19-17-12)10-2-1-7-20-10/h1-7H,(H,15,17,18). The molecule has 0 bridgehead atoms. The summed E-state index contributed by atoms with van der Waals surface area (Å²) in [6.45, 7) is 0. The minimum Gasteiger partial charge on any atom is -0.302 e. The quantitative estimate of drug-likeness (QED) is 0.780. The lowest BCUT2D eigenvalue weighted by Crippen LogP contribution is -2.12.